The fraction of sp³-hybridized carbons (Fsp3) is 0.455. The van der Waals surface area contributed by atoms with Gasteiger partial charge in [-0.05, 0) is 59.2 Å². The molecule has 0 unspecified atom stereocenters. The summed E-state index contributed by atoms with van der Waals surface area (Å²) in [6.07, 6.45) is 4.05. The minimum atomic E-state index is 0.745. The van der Waals surface area contributed by atoms with Crippen LogP contribution in [0.5, 0.6) is 0 Å². The van der Waals surface area contributed by atoms with Gasteiger partial charge in [-0.2, -0.15) is 0 Å². The summed E-state index contributed by atoms with van der Waals surface area (Å²) in [5.41, 5.74) is 7.94. The van der Waals surface area contributed by atoms with Crippen molar-refractivity contribution in [2.45, 2.75) is 31.8 Å². The van der Waals surface area contributed by atoms with Crippen molar-refractivity contribution in [2.75, 3.05) is 5.73 Å². The molecule has 1 aliphatic rings. The van der Waals surface area contributed by atoms with Crippen LogP contribution >= 0.6 is 22.6 Å². The summed E-state index contributed by atoms with van der Waals surface area (Å²) in [6.45, 7) is 0.950. The first-order chi connectivity index (χ1) is 6.74. The second-order valence-corrected chi connectivity index (χ2v) is 5.15. The van der Waals surface area contributed by atoms with Gasteiger partial charge >= 0.3 is 0 Å². The third-order valence-corrected chi connectivity index (χ3v) is 3.30. The Morgan fingerprint density at radius 1 is 1.36 bits per heavy atom. The first-order valence-electron chi connectivity index (χ1n) is 5.02. The number of benzene rings is 1. The summed E-state index contributed by atoms with van der Waals surface area (Å²) in [4.78, 5) is 0. The van der Waals surface area contributed by atoms with Crippen LogP contribution in [-0.4, -0.2) is 6.04 Å². The van der Waals surface area contributed by atoms with Gasteiger partial charge in [-0.15, -0.1) is 0 Å². The average Bonchev–Trinajstić information content (AvgIpc) is 1.99. The van der Waals surface area contributed by atoms with E-state index in [1.165, 1.54) is 28.4 Å². The number of rotatable bonds is 3. The molecule has 1 aromatic rings. The van der Waals surface area contributed by atoms with E-state index in [0.717, 1.165) is 18.3 Å². The van der Waals surface area contributed by atoms with Crippen LogP contribution in [0.4, 0.5) is 5.69 Å². The Hall–Kier alpha value is -0.290. The average molecular weight is 302 g/mol. The van der Waals surface area contributed by atoms with Gasteiger partial charge in [0.15, 0.2) is 0 Å². The summed E-state index contributed by atoms with van der Waals surface area (Å²) >= 11 is 2.30. The smallest absolute Gasteiger partial charge is 0.0327 e. The third kappa shape index (κ3) is 2.60. The van der Waals surface area contributed by atoms with Crippen LogP contribution < -0.4 is 11.1 Å². The first kappa shape index (κ1) is 10.2. The normalized spacial score (nSPS) is 16.6. The summed E-state index contributed by atoms with van der Waals surface area (Å²) < 4.78 is 1.22. The Kier molecular flexibility index (Phi) is 3.28. The predicted molar refractivity (Wildman–Crippen MR) is 68.1 cm³/mol. The lowest BCUT2D eigenvalue weighted by Gasteiger charge is -2.26. The molecule has 0 atom stereocenters. The largest absolute Gasteiger partial charge is 0.399 e. The van der Waals surface area contributed by atoms with Crippen molar-refractivity contribution in [2.24, 2.45) is 0 Å². The number of hydrogen-bond donors (Lipinski definition) is 2. The van der Waals surface area contributed by atoms with Crippen molar-refractivity contribution in [1.29, 1.82) is 0 Å². The Bertz CT molecular complexity index is 301. The zero-order valence-corrected chi connectivity index (χ0v) is 10.3. The quantitative estimate of drug-likeness (QED) is 0.665. The van der Waals surface area contributed by atoms with Crippen molar-refractivity contribution >= 4 is 28.3 Å². The Morgan fingerprint density at radius 3 is 2.71 bits per heavy atom. The lowest BCUT2D eigenvalue weighted by molar-refractivity contribution is 0.338. The minimum absolute atomic E-state index is 0.745. The molecule has 0 bridgehead atoms. The van der Waals surface area contributed by atoms with Crippen LogP contribution in [0, 0.1) is 3.57 Å². The van der Waals surface area contributed by atoms with E-state index in [1.807, 2.05) is 12.1 Å². The fourth-order valence-corrected chi connectivity index (χ4v) is 2.41. The number of anilines is 1. The zero-order chi connectivity index (χ0) is 9.97. The van der Waals surface area contributed by atoms with E-state index >= 15 is 0 Å². The maximum atomic E-state index is 5.78. The monoisotopic (exact) mass is 302 g/mol. The van der Waals surface area contributed by atoms with Crippen molar-refractivity contribution < 1.29 is 0 Å². The Morgan fingerprint density at radius 2 is 2.14 bits per heavy atom. The number of hydrogen-bond acceptors (Lipinski definition) is 2. The SMILES string of the molecule is Nc1cc(I)cc(CNC2CCC2)c1. The van der Waals surface area contributed by atoms with Crippen molar-refractivity contribution in [3.05, 3.63) is 27.3 Å². The Balaban J connectivity index is 1.94. The van der Waals surface area contributed by atoms with E-state index in [4.69, 9.17) is 5.73 Å². The molecule has 1 fully saturated rings. The van der Waals surface area contributed by atoms with E-state index in [9.17, 15) is 0 Å². The highest BCUT2D eigenvalue weighted by atomic mass is 127. The molecule has 2 rings (SSSR count). The van der Waals surface area contributed by atoms with E-state index in [-0.39, 0.29) is 0 Å². The number of nitrogens with two attached hydrogens (primary N) is 1. The van der Waals surface area contributed by atoms with Crippen molar-refractivity contribution in [3.63, 3.8) is 0 Å². The van der Waals surface area contributed by atoms with Gasteiger partial charge in [-0.3, -0.25) is 0 Å². The van der Waals surface area contributed by atoms with Crippen LogP contribution in [0.1, 0.15) is 24.8 Å². The van der Waals surface area contributed by atoms with Gasteiger partial charge in [-0.1, -0.05) is 6.42 Å². The van der Waals surface area contributed by atoms with Crippen LogP contribution in [0.2, 0.25) is 0 Å². The van der Waals surface area contributed by atoms with Gasteiger partial charge in [0.1, 0.15) is 0 Å². The molecule has 0 amide bonds. The summed E-state index contributed by atoms with van der Waals surface area (Å²) in [6, 6.07) is 6.97. The van der Waals surface area contributed by atoms with E-state index in [0.29, 0.717) is 0 Å². The molecule has 1 aliphatic carbocycles. The molecule has 14 heavy (non-hydrogen) atoms. The maximum absolute atomic E-state index is 5.78. The standard InChI is InChI=1S/C11H15IN2/c12-9-4-8(5-10(13)6-9)7-14-11-2-1-3-11/h4-6,11,14H,1-3,7,13H2. The lowest BCUT2D eigenvalue weighted by Crippen LogP contribution is -2.34. The molecule has 3 heteroatoms. The molecule has 76 valence electrons. The van der Waals surface area contributed by atoms with Crippen molar-refractivity contribution in [3.8, 4) is 0 Å². The van der Waals surface area contributed by atoms with Gasteiger partial charge in [0.2, 0.25) is 0 Å². The molecule has 3 N–H and O–H groups in total. The topological polar surface area (TPSA) is 38.0 Å². The van der Waals surface area contributed by atoms with Gasteiger partial charge in [0.05, 0.1) is 0 Å². The molecule has 0 aromatic heterocycles. The lowest BCUT2D eigenvalue weighted by atomic mass is 9.93. The minimum Gasteiger partial charge on any atom is -0.399 e. The molecule has 0 aliphatic heterocycles. The van der Waals surface area contributed by atoms with Gasteiger partial charge in [-0.25, -0.2) is 0 Å². The Labute approximate surface area is 98.4 Å². The fourth-order valence-electron chi connectivity index (χ4n) is 1.65. The van der Waals surface area contributed by atoms with Gasteiger partial charge in [0.25, 0.3) is 0 Å². The second kappa shape index (κ2) is 4.49. The molecule has 1 aromatic carbocycles. The molecule has 0 saturated heterocycles. The summed E-state index contributed by atoms with van der Waals surface area (Å²) in [7, 11) is 0. The second-order valence-electron chi connectivity index (χ2n) is 3.90. The van der Waals surface area contributed by atoms with Crippen LogP contribution in [0.15, 0.2) is 18.2 Å². The molecule has 0 spiro atoms. The van der Waals surface area contributed by atoms with E-state index in [1.54, 1.807) is 0 Å². The molecule has 0 heterocycles. The summed E-state index contributed by atoms with van der Waals surface area (Å²) in [5, 5.41) is 3.53. The van der Waals surface area contributed by atoms with Crippen LogP contribution in [-0.2, 0) is 6.54 Å². The van der Waals surface area contributed by atoms with Crippen LogP contribution in [0.25, 0.3) is 0 Å². The maximum Gasteiger partial charge on any atom is 0.0327 e. The number of nitrogen functional groups attached to an aromatic ring is 1. The molecule has 0 radical (unpaired) electrons. The van der Waals surface area contributed by atoms with E-state index < -0.39 is 0 Å². The van der Waals surface area contributed by atoms with Gasteiger partial charge in [0, 0.05) is 21.8 Å². The molecular formula is C11H15IN2. The van der Waals surface area contributed by atoms with Gasteiger partial charge < -0.3 is 11.1 Å². The molecular weight excluding hydrogens is 287 g/mol. The van der Waals surface area contributed by atoms with Crippen molar-refractivity contribution in [1.82, 2.24) is 5.32 Å². The predicted octanol–water partition coefficient (Wildman–Crippen LogP) is 2.52. The zero-order valence-electron chi connectivity index (χ0n) is 8.09. The highest BCUT2D eigenvalue weighted by Crippen LogP contribution is 2.19. The third-order valence-electron chi connectivity index (χ3n) is 2.68. The molecule has 1 saturated carbocycles. The number of nitrogens with one attached hydrogen (secondary N) is 1. The highest BCUT2D eigenvalue weighted by molar-refractivity contribution is 14.1. The summed E-state index contributed by atoms with van der Waals surface area (Å²) in [5.74, 6) is 0. The molecule has 2 nitrogen and oxygen atoms in total. The highest BCUT2D eigenvalue weighted by Gasteiger charge is 2.15. The van der Waals surface area contributed by atoms with Crippen LogP contribution in [0.3, 0.4) is 0 Å². The van der Waals surface area contributed by atoms with E-state index in [2.05, 4.69) is 34.0 Å². The number of halogens is 1. The first-order valence-corrected chi connectivity index (χ1v) is 6.10.